The van der Waals surface area contributed by atoms with E-state index in [1.54, 1.807) is 17.0 Å². The summed E-state index contributed by atoms with van der Waals surface area (Å²) in [4.78, 5) is 13.3. The van der Waals surface area contributed by atoms with Gasteiger partial charge in [0, 0.05) is 19.0 Å². The van der Waals surface area contributed by atoms with Crippen LogP contribution in [0.25, 0.3) is 0 Å². The summed E-state index contributed by atoms with van der Waals surface area (Å²) in [5.41, 5.74) is 0.584. The predicted molar refractivity (Wildman–Crippen MR) is 69.6 cm³/mol. The van der Waals surface area contributed by atoms with Crippen LogP contribution >= 0.6 is 34.8 Å². The fourth-order valence-electron chi connectivity index (χ4n) is 1.78. The van der Waals surface area contributed by atoms with Crippen molar-refractivity contribution in [3.8, 4) is 5.75 Å². The first-order chi connectivity index (χ1) is 8.02. The van der Waals surface area contributed by atoms with Crippen molar-refractivity contribution in [3.63, 3.8) is 0 Å². The summed E-state index contributed by atoms with van der Waals surface area (Å²) >= 11 is 18.0. The molecule has 1 aromatic carbocycles. The number of alkyl halides is 1. The molecule has 6 heteroatoms. The van der Waals surface area contributed by atoms with E-state index in [-0.39, 0.29) is 11.3 Å². The Morgan fingerprint density at radius 3 is 2.59 bits per heavy atom. The van der Waals surface area contributed by atoms with Gasteiger partial charge < -0.3 is 9.64 Å². The number of methoxy groups -OCH3 is 1. The molecule has 1 aliphatic rings. The molecule has 0 aliphatic carbocycles. The van der Waals surface area contributed by atoms with E-state index in [0.29, 0.717) is 34.4 Å². The molecule has 1 fully saturated rings. The van der Waals surface area contributed by atoms with Gasteiger partial charge in [0.2, 0.25) is 5.91 Å². The molecule has 1 amide bonds. The van der Waals surface area contributed by atoms with Crippen LogP contribution in [0.4, 0.5) is 5.69 Å². The van der Waals surface area contributed by atoms with Gasteiger partial charge in [0.05, 0.1) is 28.2 Å². The van der Waals surface area contributed by atoms with Crippen LogP contribution in [0.1, 0.15) is 6.42 Å². The third-order valence-corrected chi connectivity index (χ3v) is 3.48. The zero-order valence-electron chi connectivity index (χ0n) is 9.04. The van der Waals surface area contributed by atoms with Crippen molar-refractivity contribution in [3.05, 3.63) is 22.2 Å². The second-order valence-corrected chi connectivity index (χ2v) is 5.18. The van der Waals surface area contributed by atoms with E-state index in [0.717, 1.165) is 0 Å². The van der Waals surface area contributed by atoms with Crippen LogP contribution in [0, 0.1) is 0 Å². The molecule has 92 valence electrons. The molecular formula is C11H10Cl3NO2. The number of hydrogen-bond acceptors (Lipinski definition) is 2. The van der Waals surface area contributed by atoms with Gasteiger partial charge in [-0.15, -0.1) is 11.6 Å². The number of ether oxygens (including phenoxy) is 1. The van der Waals surface area contributed by atoms with Gasteiger partial charge in [-0.05, 0) is 6.07 Å². The van der Waals surface area contributed by atoms with Crippen LogP contribution in [0.5, 0.6) is 5.75 Å². The highest BCUT2D eigenvalue weighted by molar-refractivity contribution is 6.37. The molecule has 1 heterocycles. The Kier molecular flexibility index (Phi) is 3.71. The number of carbonyl (C=O) groups excluding carboxylic acids is 1. The van der Waals surface area contributed by atoms with Crippen LogP contribution in [0.2, 0.25) is 10.0 Å². The minimum Gasteiger partial charge on any atom is -0.495 e. The number of amides is 1. The topological polar surface area (TPSA) is 29.5 Å². The van der Waals surface area contributed by atoms with Crippen molar-refractivity contribution in [2.75, 3.05) is 18.6 Å². The predicted octanol–water partition coefficient (Wildman–Crippen LogP) is 3.35. The lowest BCUT2D eigenvalue weighted by atomic mass is 10.2. The molecule has 0 radical (unpaired) electrons. The molecule has 1 saturated heterocycles. The third kappa shape index (κ3) is 2.46. The Balaban J connectivity index is 2.41. The van der Waals surface area contributed by atoms with Crippen molar-refractivity contribution in [2.45, 2.75) is 11.8 Å². The Bertz CT molecular complexity index is 464. The molecule has 1 aliphatic heterocycles. The summed E-state index contributed by atoms with van der Waals surface area (Å²) in [6.45, 7) is 0.449. The standard InChI is InChI=1S/C11H10Cl3NO2/c1-17-10-4-9(7(13)3-8(10)14)15-5-6(12)2-11(15)16/h3-4,6H,2,5H2,1H3. The lowest BCUT2D eigenvalue weighted by Gasteiger charge is -2.18. The monoisotopic (exact) mass is 293 g/mol. The van der Waals surface area contributed by atoms with Gasteiger partial charge in [-0.3, -0.25) is 4.79 Å². The van der Waals surface area contributed by atoms with Gasteiger partial charge in [-0.1, -0.05) is 23.2 Å². The van der Waals surface area contributed by atoms with Crippen LogP contribution in [0.15, 0.2) is 12.1 Å². The number of hydrogen-bond donors (Lipinski definition) is 0. The molecular weight excluding hydrogens is 284 g/mol. The van der Waals surface area contributed by atoms with E-state index in [1.165, 1.54) is 7.11 Å². The maximum atomic E-state index is 11.7. The van der Waals surface area contributed by atoms with Gasteiger partial charge in [0.25, 0.3) is 0 Å². The van der Waals surface area contributed by atoms with Gasteiger partial charge in [0.15, 0.2) is 0 Å². The highest BCUT2D eigenvalue weighted by Gasteiger charge is 2.30. The van der Waals surface area contributed by atoms with E-state index >= 15 is 0 Å². The second kappa shape index (κ2) is 4.92. The fourth-order valence-corrected chi connectivity index (χ4v) is 2.61. The zero-order chi connectivity index (χ0) is 12.6. The van der Waals surface area contributed by atoms with E-state index in [2.05, 4.69) is 0 Å². The molecule has 2 rings (SSSR count). The summed E-state index contributed by atoms with van der Waals surface area (Å²) in [6.07, 6.45) is 0.322. The SMILES string of the molecule is COc1cc(N2CC(Cl)CC2=O)c(Cl)cc1Cl. The Hall–Kier alpha value is -0.640. The number of rotatable bonds is 2. The molecule has 0 N–H and O–H groups in total. The number of nitrogens with zero attached hydrogens (tertiary/aromatic N) is 1. The largest absolute Gasteiger partial charge is 0.495 e. The van der Waals surface area contributed by atoms with Crippen LogP contribution in [-0.4, -0.2) is 24.9 Å². The lowest BCUT2D eigenvalue weighted by Crippen LogP contribution is -2.24. The van der Waals surface area contributed by atoms with Crippen molar-refractivity contribution < 1.29 is 9.53 Å². The molecule has 0 spiro atoms. The maximum absolute atomic E-state index is 11.7. The van der Waals surface area contributed by atoms with E-state index in [1.807, 2.05) is 0 Å². The molecule has 1 atom stereocenters. The first-order valence-electron chi connectivity index (χ1n) is 5.00. The first kappa shape index (κ1) is 12.8. The average molecular weight is 295 g/mol. The summed E-state index contributed by atoms with van der Waals surface area (Å²) in [5, 5.41) is 0.644. The second-order valence-electron chi connectivity index (χ2n) is 3.74. The summed E-state index contributed by atoms with van der Waals surface area (Å²) in [5.74, 6) is 0.438. The number of carbonyl (C=O) groups is 1. The van der Waals surface area contributed by atoms with Gasteiger partial charge >= 0.3 is 0 Å². The van der Waals surface area contributed by atoms with Crippen molar-refractivity contribution >= 4 is 46.4 Å². The van der Waals surface area contributed by atoms with E-state index in [9.17, 15) is 4.79 Å². The fraction of sp³-hybridized carbons (Fsp3) is 0.364. The Morgan fingerprint density at radius 2 is 2.06 bits per heavy atom. The summed E-state index contributed by atoms with van der Waals surface area (Å²) < 4.78 is 5.10. The minimum atomic E-state index is -0.180. The molecule has 17 heavy (non-hydrogen) atoms. The highest BCUT2D eigenvalue weighted by Crippen LogP contribution is 2.38. The highest BCUT2D eigenvalue weighted by atomic mass is 35.5. The van der Waals surface area contributed by atoms with Gasteiger partial charge in [-0.25, -0.2) is 0 Å². The average Bonchev–Trinajstić information content (AvgIpc) is 2.58. The normalized spacial score (nSPS) is 19.9. The number of benzene rings is 1. The van der Waals surface area contributed by atoms with E-state index < -0.39 is 0 Å². The van der Waals surface area contributed by atoms with Crippen LogP contribution < -0.4 is 9.64 Å². The molecule has 1 aromatic rings. The number of halogens is 3. The van der Waals surface area contributed by atoms with Crippen molar-refractivity contribution in [1.82, 2.24) is 0 Å². The Labute approximate surface area is 114 Å². The third-order valence-electron chi connectivity index (χ3n) is 2.59. The van der Waals surface area contributed by atoms with Crippen molar-refractivity contribution in [1.29, 1.82) is 0 Å². The van der Waals surface area contributed by atoms with Crippen LogP contribution in [0.3, 0.4) is 0 Å². The quantitative estimate of drug-likeness (QED) is 0.783. The van der Waals surface area contributed by atoms with Crippen molar-refractivity contribution in [2.24, 2.45) is 0 Å². The molecule has 0 saturated carbocycles. The first-order valence-corrected chi connectivity index (χ1v) is 6.19. The summed E-state index contributed by atoms with van der Waals surface area (Å²) in [7, 11) is 1.51. The molecule has 1 unspecified atom stereocenters. The lowest BCUT2D eigenvalue weighted by molar-refractivity contribution is -0.117. The van der Waals surface area contributed by atoms with Gasteiger partial charge in [-0.2, -0.15) is 0 Å². The maximum Gasteiger partial charge on any atom is 0.228 e. The number of anilines is 1. The molecule has 0 aromatic heterocycles. The molecule has 3 nitrogen and oxygen atoms in total. The minimum absolute atomic E-state index is 0.0451. The zero-order valence-corrected chi connectivity index (χ0v) is 11.3. The summed E-state index contributed by atoms with van der Waals surface area (Å²) in [6, 6.07) is 3.21. The Morgan fingerprint density at radius 1 is 1.35 bits per heavy atom. The smallest absolute Gasteiger partial charge is 0.228 e. The van der Waals surface area contributed by atoms with Crippen LogP contribution in [-0.2, 0) is 4.79 Å². The van der Waals surface area contributed by atoms with E-state index in [4.69, 9.17) is 39.5 Å². The van der Waals surface area contributed by atoms with Gasteiger partial charge in [0.1, 0.15) is 5.75 Å². The molecule has 0 bridgehead atoms.